The second-order valence-corrected chi connectivity index (χ2v) is 7.04. The van der Waals surface area contributed by atoms with Gasteiger partial charge in [-0.3, -0.25) is 4.90 Å². The van der Waals surface area contributed by atoms with Gasteiger partial charge < -0.3 is 10.4 Å². The summed E-state index contributed by atoms with van der Waals surface area (Å²) in [7, 11) is 0. The summed E-state index contributed by atoms with van der Waals surface area (Å²) in [5.74, 6) is 0.887. The Morgan fingerprint density at radius 1 is 1.18 bits per heavy atom. The van der Waals surface area contributed by atoms with Crippen molar-refractivity contribution in [3.8, 4) is 0 Å². The van der Waals surface area contributed by atoms with Crippen LogP contribution in [0.1, 0.15) is 51.0 Å². The zero-order chi connectivity index (χ0) is 15.4. The topological polar surface area (TPSA) is 35.5 Å². The van der Waals surface area contributed by atoms with Crippen LogP contribution in [0.2, 0.25) is 0 Å². The van der Waals surface area contributed by atoms with E-state index in [1.165, 1.54) is 36.9 Å². The number of nitrogens with zero attached hydrogens (tertiary/aromatic N) is 1. The number of piperidine rings is 1. The van der Waals surface area contributed by atoms with Gasteiger partial charge in [-0.15, -0.1) is 0 Å². The van der Waals surface area contributed by atoms with Crippen molar-refractivity contribution in [2.75, 3.05) is 18.4 Å². The zero-order valence-electron chi connectivity index (χ0n) is 13.8. The first-order valence-corrected chi connectivity index (χ1v) is 9.01. The SMILES string of the molecule is CCCC(Nc1ccccc1CN1CCC(O)CC1)C1CC1. The Morgan fingerprint density at radius 3 is 2.59 bits per heavy atom. The van der Waals surface area contributed by atoms with Gasteiger partial charge in [0.15, 0.2) is 0 Å². The maximum Gasteiger partial charge on any atom is 0.0564 e. The fourth-order valence-electron chi connectivity index (χ4n) is 3.55. The van der Waals surface area contributed by atoms with E-state index in [2.05, 4.69) is 41.4 Å². The number of anilines is 1. The predicted octanol–water partition coefficient (Wildman–Crippen LogP) is 3.63. The number of benzene rings is 1. The van der Waals surface area contributed by atoms with E-state index in [1.54, 1.807) is 0 Å². The summed E-state index contributed by atoms with van der Waals surface area (Å²) < 4.78 is 0. The number of para-hydroxylation sites is 1. The molecule has 1 unspecified atom stereocenters. The van der Waals surface area contributed by atoms with Gasteiger partial charge in [0.05, 0.1) is 6.10 Å². The van der Waals surface area contributed by atoms with Crippen molar-refractivity contribution in [1.29, 1.82) is 0 Å². The molecule has 2 aliphatic rings. The minimum atomic E-state index is -0.0894. The summed E-state index contributed by atoms with van der Waals surface area (Å²) in [6, 6.07) is 9.42. The van der Waals surface area contributed by atoms with E-state index in [1.807, 2.05) is 0 Å². The van der Waals surface area contributed by atoms with Gasteiger partial charge >= 0.3 is 0 Å². The lowest BCUT2D eigenvalue weighted by atomic mass is 10.0. The van der Waals surface area contributed by atoms with Crippen LogP contribution in [0.25, 0.3) is 0 Å². The molecule has 1 heterocycles. The highest BCUT2D eigenvalue weighted by atomic mass is 16.3. The smallest absolute Gasteiger partial charge is 0.0564 e. The van der Waals surface area contributed by atoms with Gasteiger partial charge in [-0.05, 0) is 49.7 Å². The summed E-state index contributed by atoms with van der Waals surface area (Å²) in [4.78, 5) is 2.47. The minimum Gasteiger partial charge on any atom is -0.393 e. The number of hydrogen-bond acceptors (Lipinski definition) is 3. The molecule has 0 spiro atoms. The summed E-state index contributed by atoms with van der Waals surface area (Å²) >= 11 is 0. The molecule has 0 radical (unpaired) electrons. The normalized spacial score (nSPS) is 21.7. The Morgan fingerprint density at radius 2 is 1.91 bits per heavy atom. The van der Waals surface area contributed by atoms with Crippen LogP contribution in [-0.2, 0) is 6.54 Å². The second-order valence-electron chi connectivity index (χ2n) is 7.04. The lowest BCUT2D eigenvalue weighted by Gasteiger charge is -2.30. The van der Waals surface area contributed by atoms with Crippen LogP contribution in [0.15, 0.2) is 24.3 Å². The van der Waals surface area contributed by atoms with E-state index in [9.17, 15) is 5.11 Å². The van der Waals surface area contributed by atoms with E-state index in [-0.39, 0.29) is 6.10 Å². The Labute approximate surface area is 134 Å². The number of rotatable bonds is 7. The van der Waals surface area contributed by atoms with Gasteiger partial charge in [0.1, 0.15) is 0 Å². The maximum atomic E-state index is 9.65. The molecule has 22 heavy (non-hydrogen) atoms. The molecule has 0 amide bonds. The van der Waals surface area contributed by atoms with E-state index < -0.39 is 0 Å². The minimum absolute atomic E-state index is 0.0894. The number of nitrogens with one attached hydrogen (secondary N) is 1. The van der Waals surface area contributed by atoms with Gasteiger partial charge in [0, 0.05) is 31.4 Å². The quantitative estimate of drug-likeness (QED) is 0.807. The summed E-state index contributed by atoms with van der Waals surface area (Å²) in [6.45, 7) is 5.30. The standard InChI is InChI=1S/C19H30N2O/c1-2-5-18(15-8-9-15)20-19-7-4-3-6-16(19)14-21-12-10-17(22)11-13-21/h3-4,6-7,15,17-18,20,22H,2,5,8-14H2,1H3. The molecule has 2 N–H and O–H groups in total. The van der Waals surface area contributed by atoms with E-state index in [0.717, 1.165) is 38.4 Å². The van der Waals surface area contributed by atoms with E-state index >= 15 is 0 Å². The van der Waals surface area contributed by atoms with Crippen molar-refractivity contribution in [3.05, 3.63) is 29.8 Å². The molecule has 1 aromatic carbocycles. The number of likely N-dealkylation sites (tertiary alicyclic amines) is 1. The molecule has 0 aromatic heterocycles. The Balaban J connectivity index is 1.64. The van der Waals surface area contributed by atoms with Crippen molar-refractivity contribution in [2.45, 2.75) is 64.1 Å². The van der Waals surface area contributed by atoms with Crippen LogP contribution in [0, 0.1) is 5.92 Å². The van der Waals surface area contributed by atoms with Crippen molar-refractivity contribution >= 4 is 5.69 Å². The first-order valence-electron chi connectivity index (χ1n) is 9.01. The summed E-state index contributed by atoms with van der Waals surface area (Å²) in [6.07, 6.45) is 7.04. The van der Waals surface area contributed by atoms with Crippen molar-refractivity contribution < 1.29 is 5.11 Å². The summed E-state index contributed by atoms with van der Waals surface area (Å²) in [5.41, 5.74) is 2.72. The molecule has 1 saturated carbocycles. The van der Waals surface area contributed by atoms with Gasteiger partial charge in [0.2, 0.25) is 0 Å². The molecule has 1 aromatic rings. The van der Waals surface area contributed by atoms with Crippen LogP contribution in [0.3, 0.4) is 0 Å². The summed E-state index contributed by atoms with van der Waals surface area (Å²) in [5, 5.41) is 13.5. The number of hydrogen-bond donors (Lipinski definition) is 2. The van der Waals surface area contributed by atoms with Crippen molar-refractivity contribution in [1.82, 2.24) is 4.90 Å². The van der Waals surface area contributed by atoms with Crippen LogP contribution in [0.4, 0.5) is 5.69 Å². The molecule has 122 valence electrons. The Hall–Kier alpha value is -1.06. The van der Waals surface area contributed by atoms with Crippen LogP contribution in [0.5, 0.6) is 0 Å². The van der Waals surface area contributed by atoms with Gasteiger partial charge in [0.25, 0.3) is 0 Å². The third kappa shape index (κ3) is 4.23. The van der Waals surface area contributed by atoms with Gasteiger partial charge in [-0.25, -0.2) is 0 Å². The Kier molecular flexibility index (Phi) is 5.37. The molecule has 3 nitrogen and oxygen atoms in total. The van der Waals surface area contributed by atoms with Crippen molar-refractivity contribution in [2.24, 2.45) is 5.92 Å². The van der Waals surface area contributed by atoms with Gasteiger partial charge in [-0.1, -0.05) is 31.5 Å². The fraction of sp³-hybridized carbons (Fsp3) is 0.684. The molecule has 1 atom stereocenters. The molecule has 3 rings (SSSR count). The van der Waals surface area contributed by atoms with Crippen molar-refractivity contribution in [3.63, 3.8) is 0 Å². The van der Waals surface area contributed by atoms with Crippen LogP contribution in [-0.4, -0.2) is 35.2 Å². The molecule has 3 heteroatoms. The maximum absolute atomic E-state index is 9.65. The van der Waals surface area contributed by atoms with Crippen LogP contribution >= 0.6 is 0 Å². The first kappa shape index (κ1) is 15.8. The molecule has 1 saturated heterocycles. The molecular weight excluding hydrogens is 272 g/mol. The molecule has 2 fully saturated rings. The first-order chi connectivity index (χ1) is 10.8. The fourth-order valence-corrected chi connectivity index (χ4v) is 3.55. The number of aliphatic hydroxyl groups is 1. The average Bonchev–Trinajstić information content (AvgIpc) is 3.36. The average molecular weight is 302 g/mol. The third-order valence-electron chi connectivity index (χ3n) is 5.10. The molecule has 1 aliphatic heterocycles. The zero-order valence-corrected chi connectivity index (χ0v) is 13.8. The van der Waals surface area contributed by atoms with Gasteiger partial charge in [-0.2, -0.15) is 0 Å². The largest absolute Gasteiger partial charge is 0.393 e. The molecule has 1 aliphatic carbocycles. The predicted molar refractivity (Wildman–Crippen MR) is 92.0 cm³/mol. The highest BCUT2D eigenvalue weighted by Crippen LogP contribution is 2.36. The van der Waals surface area contributed by atoms with Crippen LogP contribution < -0.4 is 5.32 Å². The second kappa shape index (κ2) is 7.47. The monoisotopic (exact) mass is 302 g/mol. The molecule has 0 bridgehead atoms. The third-order valence-corrected chi connectivity index (χ3v) is 5.10. The Bertz CT molecular complexity index is 464. The lowest BCUT2D eigenvalue weighted by Crippen LogP contribution is -2.35. The highest BCUT2D eigenvalue weighted by molar-refractivity contribution is 5.52. The number of aliphatic hydroxyl groups excluding tert-OH is 1. The molecular formula is C19H30N2O. The van der Waals surface area contributed by atoms with E-state index in [4.69, 9.17) is 0 Å². The highest BCUT2D eigenvalue weighted by Gasteiger charge is 2.30. The van der Waals surface area contributed by atoms with E-state index in [0.29, 0.717) is 6.04 Å². The lowest BCUT2D eigenvalue weighted by molar-refractivity contribution is 0.0793.